The SMILES string of the molecule is CCOC(=O)C(F)C(O)c1cc(C)sc1C. The van der Waals surface area contributed by atoms with Gasteiger partial charge in [-0.1, -0.05) is 0 Å². The summed E-state index contributed by atoms with van der Waals surface area (Å²) >= 11 is 1.46. The summed E-state index contributed by atoms with van der Waals surface area (Å²) in [6, 6.07) is 1.69. The number of aliphatic hydroxyl groups excluding tert-OH is 1. The van der Waals surface area contributed by atoms with Crippen molar-refractivity contribution in [3.8, 4) is 0 Å². The summed E-state index contributed by atoms with van der Waals surface area (Å²) < 4.78 is 18.1. The molecule has 0 aliphatic carbocycles. The molecule has 90 valence electrons. The lowest BCUT2D eigenvalue weighted by atomic mass is 10.1. The number of aliphatic hydroxyl groups is 1. The summed E-state index contributed by atoms with van der Waals surface area (Å²) in [7, 11) is 0. The van der Waals surface area contributed by atoms with Gasteiger partial charge in [-0.3, -0.25) is 0 Å². The molecule has 0 saturated carbocycles. The van der Waals surface area contributed by atoms with E-state index in [-0.39, 0.29) is 6.61 Å². The van der Waals surface area contributed by atoms with Gasteiger partial charge in [0.1, 0.15) is 6.10 Å². The lowest BCUT2D eigenvalue weighted by Gasteiger charge is -2.14. The Bertz CT molecular complexity index is 375. The number of hydrogen-bond acceptors (Lipinski definition) is 4. The number of rotatable bonds is 4. The van der Waals surface area contributed by atoms with Gasteiger partial charge in [0, 0.05) is 9.75 Å². The van der Waals surface area contributed by atoms with E-state index >= 15 is 0 Å². The molecule has 1 N–H and O–H groups in total. The molecule has 5 heteroatoms. The standard InChI is InChI=1S/C11H15FO3S/c1-4-15-11(14)9(12)10(13)8-5-6(2)16-7(8)3/h5,9-10,13H,4H2,1-3H3. The highest BCUT2D eigenvalue weighted by atomic mass is 32.1. The highest BCUT2D eigenvalue weighted by Crippen LogP contribution is 2.29. The number of alkyl halides is 1. The van der Waals surface area contributed by atoms with Crippen molar-refractivity contribution in [1.82, 2.24) is 0 Å². The van der Waals surface area contributed by atoms with Crippen LogP contribution >= 0.6 is 11.3 Å². The van der Waals surface area contributed by atoms with Crippen molar-refractivity contribution < 1.29 is 19.0 Å². The van der Waals surface area contributed by atoms with Crippen molar-refractivity contribution >= 4 is 17.3 Å². The Labute approximate surface area is 97.9 Å². The molecule has 0 saturated heterocycles. The molecule has 16 heavy (non-hydrogen) atoms. The molecule has 3 nitrogen and oxygen atoms in total. The molecule has 1 aromatic rings. The van der Waals surface area contributed by atoms with E-state index in [2.05, 4.69) is 4.74 Å². The van der Waals surface area contributed by atoms with Gasteiger partial charge in [0.05, 0.1) is 6.61 Å². The molecule has 0 aliphatic rings. The van der Waals surface area contributed by atoms with Crippen LogP contribution in [-0.4, -0.2) is 23.9 Å². The monoisotopic (exact) mass is 246 g/mol. The van der Waals surface area contributed by atoms with E-state index in [1.54, 1.807) is 19.9 Å². The number of esters is 1. The Hall–Kier alpha value is -0.940. The predicted octanol–water partition coefficient (Wildman–Crippen LogP) is 2.30. The molecule has 2 atom stereocenters. The van der Waals surface area contributed by atoms with Crippen molar-refractivity contribution in [1.29, 1.82) is 0 Å². The Morgan fingerprint density at radius 1 is 1.62 bits per heavy atom. The molecule has 1 heterocycles. The minimum absolute atomic E-state index is 0.105. The third kappa shape index (κ3) is 2.80. The van der Waals surface area contributed by atoms with Crippen LogP contribution in [0.5, 0.6) is 0 Å². The first-order chi connectivity index (χ1) is 7.47. The number of halogens is 1. The van der Waals surface area contributed by atoms with Gasteiger partial charge in [-0.25, -0.2) is 9.18 Å². The Kier molecular flexibility index (Phi) is 4.44. The van der Waals surface area contributed by atoms with Gasteiger partial charge in [0.15, 0.2) is 0 Å². The van der Waals surface area contributed by atoms with E-state index in [1.165, 1.54) is 11.3 Å². The normalized spacial score (nSPS) is 14.6. The lowest BCUT2D eigenvalue weighted by Crippen LogP contribution is -2.26. The first-order valence-electron chi connectivity index (χ1n) is 5.03. The molecule has 0 amide bonds. The Morgan fingerprint density at radius 3 is 2.69 bits per heavy atom. The lowest BCUT2D eigenvalue weighted by molar-refractivity contribution is -0.153. The molecule has 0 aromatic carbocycles. The Balaban J connectivity index is 2.81. The number of carbonyl (C=O) groups is 1. The minimum atomic E-state index is -2.02. The summed E-state index contributed by atoms with van der Waals surface area (Å²) in [6.45, 7) is 5.35. The van der Waals surface area contributed by atoms with E-state index in [0.717, 1.165) is 9.75 Å². The molecular weight excluding hydrogens is 231 g/mol. The summed E-state index contributed by atoms with van der Waals surface area (Å²) in [5, 5.41) is 9.71. The molecule has 0 aliphatic heterocycles. The van der Waals surface area contributed by atoms with Gasteiger partial charge in [0.2, 0.25) is 6.17 Å². The van der Waals surface area contributed by atoms with E-state index in [0.29, 0.717) is 5.56 Å². The zero-order valence-electron chi connectivity index (χ0n) is 9.49. The average molecular weight is 246 g/mol. The second-order valence-corrected chi connectivity index (χ2v) is 4.93. The van der Waals surface area contributed by atoms with Crippen molar-refractivity contribution in [3.05, 3.63) is 21.4 Å². The summed E-state index contributed by atoms with van der Waals surface area (Å²) in [5.74, 6) is -1.02. The summed E-state index contributed by atoms with van der Waals surface area (Å²) in [5.41, 5.74) is 0.461. The van der Waals surface area contributed by atoms with Crippen LogP contribution in [0.4, 0.5) is 4.39 Å². The Morgan fingerprint density at radius 2 is 2.25 bits per heavy atom. The molecule has 0 spiro atoms. The van der Waals surface area contributed by atoms with Crippen molar-refractivity contribution in [3.63, 3.8) is 0 Å². The van der Waals surface area contributed by atoms with Gasteiger partial charge in [0.25, 0.3) is 0 Å². The number of aryl methyl sites for hydroxylation is 2. The topological polar surface area (TPSA) is 46.5 Å². The van der Waals surface area contributed by atoms with Crippen LogP contribution in [0.15, 0.2) is 6.07 Å². The number of hydrogen-bond donors (Lipinski definition) is 1. The minimum Gasteiger partial charge on any atom is -0.464 e. The number of thiophene rings is 1. The fourth-order valence-electron chi connectivity index (χ4n) is 1.45. The number of ether oxygens (including phenoxy) is 1. The van der Waals surface area contributed by atoms with Crippen molar-refractivity contribution in [2.24, 2.45) is 0 Å². The fraction of sp³-hybridized carbons (Fsp3) is 0.545. The number of carbonyl (C=O) groups excluding carboxylic acids is 1. The summed E-state index contributed by atoms with van der Waals surface area (Å²) in [4.78, 5) is 12.9. The molecular formula is C11H15FO3S. The van der Waals surface area contributed by atoms with Crippen LogP contribution in [0.2, 0.25) is 0 Å². The quantitative estimate of drug-likeness (QED) is 0.829. The van der Waals surface area contributed by atoms with E-state index in [9.17, 15) is 14.3 Å². The van der Waals surface area contributed by atoms with Crippen LogP contribution in [0.25, 0.3) is 0 Å². The van der Waals surface area contributed by atoms with Gasteiger partial charge in [-0.15, -0.1) is 11.3 Å². The fourth-order valence-corrected chi connectivity index (χ4v) is 2.42. The maximum absolute atomic E-state index is 13.5. The second-order valence-electron chi connectivity index (χ2n) is 3.47. The second kappa shape index (κ2) is 5.41. The van der Waals surface area contributed by atoms with Crippen LogP contribution in [0, 0.1) is 13.8 Å². The van der Waals surface area contributed by atoms with E-state index in [1.807, 2.05) is 6.92 Å². The molecule has 1 rings (SSSR count). The highest BCUT2D eigenvalue weighted by molar-refractivity contribution is 7.12. The van der Waals surface area contributed by atoms with Crippen LogP contribution < -0.4 is 0 Å². The molecule has 0 bridgehead atoms. The van der Waals surface area contributed by atoms with E-state index < -0.39 is 18.2 Å². The zero-order chi connectivity index (χ0) is 12.3. The molecule has 0 fully saturated rings. The van der Waals surface area contributed by atoms with Gasteiger partial charge >= 0.3 is 5.97 Å². The van der Waals surface area contributed by atoms with Gasteiger partial charge in [-0.05, 0) is 32.4 Å². The van der Waals surface area contributed by atoms with Crippen LogP contribution in [-0.2, 0) is 9.53 Å². The first kappa shape index (κ1) is 13.1. The maximum atomic E-state index is 13.5. The maximum Gasteiger partial charge on any atom is 0.343 e. The molecule has 2 unspecified atom stereocenters. The van der Waals surface area contributed by atoms with Crippen LogP contribution in [0.3, 0.4) is 0 Å². The third-order valence-corrected chi connectivity index (χ3v) is 3.17. The summed E-state index contributed by atoms with van der Waals surface area (Å²) in [6.07, 6.45) is -3.46. The third-order valence-electron chi connectivity index (χ3n) is 2.19. The van der Waals surface area contributed by atoms with Gasteiger partial charge < -0.3 is 9.84 Å². The largest absolute Gasteiger partial charge is 0.464 e. The van der Waals surface area contributed by atoms with Crippen molar-refractivity contribution in [2.45, 2.75) is 33.0 Å². The first-order valence-corrected chi connectivity index (χ1v) is 5.84. The van der Waals surface area contributed by atoms with E-state index in [4.69, 9.17) is 0 Å². The van der Waals surface area contributed by atoms with Crippen LogP contribution in [0.1, 0.15) is 28.3 Å². The molecule has 0 radical (unpaired) electrons. The average Bonchev–Trinajstić information content (AvgIpc) is 2.56. The highest BCUT2D eigenvalue weighted by Gasteiger charge is 2.30. The van der Waals surface area contributed by atoms with Gasteiger partial charge in [-0.2, -0.15) is 0 Å². The molecule has 1 aromatic heterocycles. The van der Waals surface area contributed by atoms with Crippen molar-refractivity contribution in [2.75, 3.05) is 6.61 Å². The smallest absolute Gasteiger partial charge is 0.343 e. The predicted molar refractivity (Wildman–Crippen MR) is 60.3 cm³/mol. The zero-order valence-corrected chi connectivity index (χ0v) is 10.3.